The lowest BCUT2D eigenvalue weighted by Crippen LogP contribution is -2.08. The summed E-state index contributed by atoms with van der Waals surface area (Å²) in [4.78, 5) is 0. The van der Waals surface area contributed by atoms with E-state index in [1.807, 2.05) is 13.0 Å². The van der Waals surface area contributed by atoms with Crippen molar-refractivity contribution in [3.8, 4) is 0 Å². The third kappa shape index (κ3) is 16.7. The van der Waals surface area contributed by atoms with Crippen LogP contribution in [0.1, 0.15) is 91.5 Å². The van der Waals surface area contributed by atoms with Gasteiger partial charge in [-0.05, 0) is 125 Å². The predicted octanol–water partition coefficient (Wildman–Crippen LogP) is 13.4. The van der Waals surface area contributed by atoms with Gasteiger partial charge in [-0.3, -0.25) is 0 Å². The van der Waals surface area contributed by atoms with Crippen molar-refractivity contribution in [1.29, 1.82) is 0 Å². The van der Waals surface area contributed by atoms with Crippen molar-refractivity contribution in [3.63, 3.8) is 0 Å². The van der Waals surface area contributed by atoms with Crippen LogP contribution in [0.15, 0.2) is 66.7 Å². The molecule has 0 nitrogen and oxygen atoms in total. The van der Waals surface area contributed by atoms with Crippen LogP contribution in [0.3, 0.4) is 0 Å². The second-order valence-corrected chi connectivity index (χ2v) is 12.5. The van der Waals surface area contributed by atoms with Gasteiger partial charge >= 0.3 is 0 Å². The van der Waals surface area contributed by atoms with E-state index in [2.05, 4.69) is 52.0 Å². The van der Waals surface area contributed by atoms with Crippen molar-refractivity contribution >= 4 is 0 Å². The van der Waals surface area contributed by atoms with Crippen LogP contribution in [0.5, 0.6) is 0 Å². The van der Waals surface area contributed by atoms with Crippen molar-refractivity contribution in [2.24, 2.45) is 11.8 Å². The molecular formula is C41H55F5. The lowest BCUT2D eigenvalue weighted by molar-refractivity contribution is 0.308. The average Bonchev–Trinajstić information content (AvgIpc) is 2.97. The Bertz CT molecular complexity index is 1340. The molecule has 0 bridgehead atoms. The SMILES string of the molecule is C.CC1CCC(C)CC1.Cc1cc(F)c(C)c(F)c1.Cc1cc(F)c(C)cc1F.Cc1ccc(C)c(F)c1.Cc1ccc(C)cc1. The zero-order valence-corrected chi connectivity index (χ0v) is 28.7. The minimum atomic E-state index is -0.475. The molecule has 4 aromatic rings. The van der Waals surface area contributed by atoms with Crippen LogP contribution in [0, 0.1) is 96.3 Å². The van der Waals surface area contributed by atoms with E-state index in [-0.39, 0.29) is 30.4 Å². The molecule has 0 aliphatic heterocycles. The summed E-state index contributed by atoms with van der Waals surface area (Å²) in [6.07, 6.45) is 5.89. The monoisotopic (exact) mass is 642 g/mol. The second kappa shape index (κ2) is 21.3. The first-order valence-electron chi connectivity index (χ1n) is 15.6. The minimum absolute atomic E-state index is 0. The first-order valence-corrected chi connectivity index (χ1v) is 15.6. The van der Waals surface area contributed by atoms with Gasteiger partial charge in [0.1, 0.15) is 29.1 Å². The Morgan fingerprint density at radius 1 is 0.391 bits per heavy atom. The van der Waals surface area contributed by atoms with Gasteiger partial charge in [-0.1, -0.05) is 94.5 Å². The molecule has 1 saturated carbocycles. The summed E-state index contributed by atoms with van der Waals surface area (Å²) < 4.78 is 63.0. The molecule has 1 aliphatic rings. The van der Waals surface area contributed by atoms with Crippen LogP contribution in [0.2, 0.25) is 0 Å². The molecule has 5 heteroatoms. The quantitative estimate of drug-likeness (QED) is 0.167. The Kier molecular flexibility index (Phi) is 19.7. The topological polar surface area (TPSA) is 0 Å². The Morgan fingerprint density at radius 2 is 0.696 bits per heavy atom. The number of hydrogen-bond donors (Lipinski definition) is 0. The number of hydrogen-bond acceptors (Lipinski definition) is 0. The maximum atomic E-state index is 12.6. The lowest BCUT2D eigenvalue weighted by Gasteiger charge is -2.22. The maximum absolute atomic E-state index is 12.6. The summed E-state index contributed by atoms with van der Waals surface area (Å²) in [5.74, 6) is 0.278. The van der Waals surface area contributed by atoms with Gasteiger partial charge in [-0.2, -0.15) is 0 Å². The highest BCUT2D eigenvalue weighted by Crippen LogP contribution is 2.27. The summed E-state index contributed by atoms with van der Waals surface area (Å²) in [6, 6.07) is 18.7. The summed E-state index contributed by atoms with van der Waals surface area (Å²) >= 11 is 0. The highest BCUT2D eigenvalue weighted by atomic mass is 19.1. The van der Waals surface area contributed by atoms with Crippen LogP contribution >= 0.6 is 0 Å². The van der Waals surface area contributed by atoms with Crippen molar-refractivity contribution in [2.45, 2.75) is 102 Å². The molecule has 0 heterocycles. The fourth-order valence-electron chi connectivity index (χ4n) is 4.28. The van der Waals surface area contributed by atoms with Crippen LogP contribution in [-0.4, -0.2) is 0 Å². The summed E-state index contributed by atoms with van der Waals surface area (Å²) in [5, 5.41) is 0. The molecule has 4 aromatic carbocycles. The molecule has 0 aromatic heterocycles. The zero-order chi connectivity index (χ0) is 34.3. The average molecular weight is 643 g/mol. The van der Waals surface area contributed by atoms with E-state index in [1.54, 1.807) is 19.9 Å². The first kappa shape index (κ1) is 42.5. The Labute approximate surface area is 276 Å². The number of benzene rings is 4. The first-order chi connectivity index (χ1) is 21.0. The normalized spacial score (nSPS) is 14.8. The molecule has 0 N–H and O–H groups in total. The Morgan fingerprint density at radius 3 is 1.02 bits per heavy atom. The molecule has 0 unspecified atom stereocenters. The van der Waals surface area contributed by atoms with Crippen LogP contribution in [0.25, 0.3) is 0 Å². The smallest absolute Gasteiger partial charge is 0.129 e. The largest absolute Gasteiger partial charge is 0.207 e. The van der Waals surface area contributed by atoms with Gasteiger partial charge in [0.25, 0.3) is 0 Å². The lowest BCUT2D eigenvalue weighted by atomic mass is 9.84. The van der Waals surface area contributed by atoms with Crippen LogP contribution in [-0.2, 0) is 0 Å². The van der Waals surface area contributed by atoms with E-state index < -0.39 is 11.6 Å². The van der Waals surface area contributed by atoms with Crippen molar-refractivity contribution < 1.29 is 22.0 Å². The zero-order valence-electron chi connectivity index (χ0n) is 28.7. The molecule has 1 fully saturated rings. The molecule has 0 saturated heterocycles. The van der Waals surface area contributed by atoms with Gasteiger partial charge < -0.3 is 0 Å². The predicted molar refractivity (Wildman–Crippen MR) is 187 cm³/mol. The standard InChI is InChI=1S/2C8H8F2.C8H9F.C8H16.C8H10.CH4/c1-5-3-8(10)6(2)4-7(5)9;1-5-3-7(9)6(2)8(10)4-5;1-6-3-4-7(2)8(9)5-6;2*1-7-3-5-8(2)6-4-7;/h2*3-4H,1-2H3;3-5H,1-2H3;7-8H,3-6H2,1-2H3;3-6H,1-2H3;1H4. The summed E-state index contributed by atoms with van der Waals surface area (Å²) in [5.41, 5.74) is 5.74. The second-order valence-electron chi connectivity index (χ2n) is 12.5. The van der Waals surface area contributed by atoms with Gasteiger partial charge in [0.05, 0.1) is 0 Å². The van der Waals surface area contributed by atoms with E-state index in [1.165, 1.54) is 87.9 Å². The molecule has 0 spiro atoms. The van der Waals surface area contributed by atoms with Crippen molar-refractivity contribution in [3.05, 3.63) is 140 Å². The van der Waals surface area contributed by atoms with E-state index in [0.717, 1.165) is 17.4 Å². The molecule has 5 rings (SSSR count). The number of rotatable bonds is 0. The number of aryl methyl sites for hydroxylation is 7. The molecule has 46 heavy (non-hydrogen) atoms. The molecule has 0 atom stereocenters. The maximum Gasteiger partial charge on any atom is 0.129 e. The highest BCUT2D eigenvalue weighted by molar-refractivity contribution is 5.25. The summed E-state index contributed by atoms with van der Waals surface area (Å²) in [7, 11) is 0. The van der Waals surface area contributed by atoms with Gasteiger partial charge in [-0.25, -0.2) is 22.0 Å². The van der Waals surface area contributed by atoms with Crippen molar-refractivity contribution in [1.82, 2.24) is 0 Å². The third-order valence-electron chi connectivity index (χ3n) is 7.72. The van der Waals surface area contributed by atoms with Crippen molar-refractivity contribution in [2.75, 3.05) is 0 Å². The fourth-order valence-corrected chi connectivity index (χ4v) is 4.28. The molecule has 0 amide bonds. The summed E-state index contributed by atoms with van der Waals surface area (Å²) in [6.45, 7) is 18.7. The van der Waals surface area contributed by atoms with E-state index in [0.29, 0.717) is 22.3 Å². The van der Waals surface area contributed by atoms with Gasteiger partial charge in [0.2, 0.25) is 0 Å². The number of halogens is 5. The fraction of sp³-hybridized carbons (Fsp3) is 0.415. The molecular weight excluding hydrogens is 587 g/mol. The Balaban J connectivity index is 0.000000549. The van der Waals surface area contributed by atoms with Crippen LogP contribution < -0.4 is 0 Å². The Hall–Kier alpha value is -3.47. The van der Waals surface area contributed by atoms with E-state index >= 15 is 0 Å². The van der Waals surface area contributed by atoms with E-state index in [9.17, 15) is 22.0 Å². The van der Waals surface area contributed by atoms with Crippen LogP contribution in [0.4, 0.5) is 22.0 Å². The molecule has 254 valence electrons. The van der Waals surface area contributed by atoms with Gasteiger partial charge in [-0.15, -0.1) is 0 Å². The molecule has 1 aliphatic carbocycles. The highest BCUT2D eigenvalue weighted by Gasteiger charge is 2.13. The van der Waals surface area contributed by atoms with E-state index in [4.69, 9.17) is 0 Å². The third-order valence-corrected chi connectivity index (χ3v) is 7.72. The van der Waals surface area contributed by atoms with Gasteiger partial charge in [0.15, 0.2) is 0 Å². The molecule has 0 radical (unpaired) electrons. The van der Waals surface area contributed by atoms with Gasteiger partial charge in [0, 0.05) is 5.56 Å². The minimum Gasteiger partial charge on any atom is -0.207 e.